The first-order chi connectivity index (χ1) is 14.5. The molecule has 0 aromatic carbocycles. The zero-order valence-electron chi connectivity index (χ0n) is 19.9. The van der Waals surface area contributed by atoms with E-state index in [9.17, 15) is 9.59 Å². The van der Waals surface area contributed by atoms with Crippen molar-refractivity contribution < 1.29 is 18.7 Å². The molecule has 0 unspecified atom stereocenters. The second kappa shape index (κ2) is 7.52. The van der Waals surface area contributed by atoms with E-state index in [-0.39, 0.29) is 28.9 Å². The lowest BCUT2D eigenvalue weighted by Gasteiger charge is -2.54. The second-order valence-electron chi connectivity index (χ2n) is 11.4. The van der Waals surface area contributed by atoms with Gasteiger partial charge in [-0.15, -0.1) is 0 Å². The summed E-state index contributed by atoms with van der Waals surface area (Å²) in [6, 6.07) is 0. The molecule has 1 aromatic heterocycles. The average molecular weight is 432 g/mol. The summed E-state index contributed by atoms with van der Waals surface area (Å²) in [6.45, 7) is 10.1. The number of piperidine rings is 1. The molecule has 4 rings (SSSR count). The van der Waals surface area contributed by atoms with Crippen LogP contribution < -0.4 is 0 Å². The fourth-order valence-electron chi connectivity index (χ4n) is 5.68. The van der Waals surface area contributed by atoms with Gasteiger partial charge >= 0.3 is 6.09 Å². The molecule has 1 aliphatic heterocycles. The fraction of sp³-hybridized carbons (Fsp3) is 0.792. The van der Waals surface area contributed by atoms with Crippen molar-refractivity contribution in [3.8, 4) is 0 Å². The largest absolute Gasteiger partial charge is 0.453 e. The van der Waals surface area contributed by atoms with Gasteiger partial charge in [0.15, 0.2) is 5.89 Å². The van der Waals surface area contributed by atoms with Gasteiger partial charge in [-0.2, -0.15) is 0 Å². The monoisotopic (exact) mass is 431 g/mol. The Bertz CT molecular complexity index is 833. The molecule has 0 N–H and O–H groups in total. The number of carbonyl (C=O) groups excluding carboxylic acids is 2. The van der Waals surface area contributed by atoms with E-state index in [0.717, 1.165) is 50.4 Å². The number of hydrogen-bond donors (Lipinski definition) is 0. The smallest absolute Gasteiger partial charge is 0.409 e. The van der Waals surface area contributed by atoms with Crippen LogP contribution in [0.1, 0.15) is 83.8 Å². The van der Waals surface area contributed by atoms with Gasteiger partial charge in [0.2, 0.25) is 5.91 Å². The zero-order chi connectivity index (χ0) is 22.6. The minimum atomic E-state index is -0.339. The second-order valence-corrected chi connectivity index (χ2v) is 11.4. The number of rotatable bonds is 3. The van der Waals surface area contributed by atoms with E-state index < -0.39 is 0 Å². The third kappa shape index (κ3) is 3.96. The summed E-state index contributed by atoms with van der Waals surface area (Å²) in [5.74, 6) is 2.58. The molecular weight excluding hydrogens is 394 g/mol. The van der Waals surface area contributed by atoms with Gasteiger partial charge in [-0.05, 0) is 50.9 Å². The summed E-state index contributed by atoms with van der Waals surface area (Å²) in [7, 11) is 3.15. The lowest BCUT2D eigenvalue weighted by Crippen LogP contribution is -2.60. The SMILES string of the molecule is COC(=O)N(C)C1(C)CC(C(=O)N2CCC3(CC2)CC(c2cnc(C(C)(C)C)o2)C3)C1. The van der Waals surface area contributed by atoms with Crippen LogP contribution in [0.3, 0.4) is 0 Å². The number of carbonyl (C=O) groups is 2. The van der Waals surface area contributed by atoms with Crippen LogP contribution in [0.2, 0.25) is 0 Å². The molecule has 2 amide bonds. The summed E-state index contributed by atoms with van der Waals surface area (Å²) < 4.78 is 10.9. The van der Waals surface area contributed by atoms with E-state index in [2.05, 4.69) is 25.8 Å². The Balaban J connectivity index is 1.25. The Labute approximate surface area is 185 Å². The van der Waals surface area contributed by atoms with Crippen molar-refractivity contribution in [1.82, 2.24) is 14.8 Å². The highest BCUT2D eigenvalue weighted by Gasteiger charge is 2.52. The van der Waals surface area contributed by atoms with Crippen LogP contribution in [-0.2, 0) is 14.9 Å². The number of nitrogens with zero attached hydrogens (tertiary/aromatic N) is 3. The summed E-state index contributed by atoms with van der Waals surface area (Å²) >= 11 is 0. The van der Waals surface area contributed by atoms with Crippen molar-refractivity contribution in [3.05, 3.63) is 17.8 Å². The van der Waals surface area contributed by atoms with Crippen molar-refractivity contribution in [3.63, 3.8) is 0 Å². The summed E-state index contributed by atoms with van der Waals surface area (Å²) in [5, 5.41) is 0. The number of aromatic nitrogens is 1. The number of oxazole rings is 1. The molecule has 0 bridgehead atoms. The normalized spacial score (nSPS) is 28.1. The molecule has 172 valence electrons. The molecule has 3 aliphatic rings. The molecule has 1 saturated heterocycles. The lowest BCUT2D eigenvalue weighted by molar-refractivity contribution is -0.147. The van der Waals surface area contributed by atoms with Crippen molar-refractivity contribution in [1.29, 1.82) is 0 Å². The Morgan fingerprint density at radius 1 is 1.19 bits per heavy atom. The highest BCUT2D eigenvalue weighted by molar-refractivity contribution is 5.81. The van der Waals surface area contributed by atoms with Crippen molar-refractivity contribution in [2.45, 2.75) is 83.1 Å². The predicted molar refractivity (Wildman–Crippen MR) is 117 cm³/mol. The molecule has 7 nitrogen and oxygen atoms in total. The molecule has 2 saturated carbocycles. The molecule has 0 atom stereocenters. The van der Waals surface area contributed by atoms with Gasteiger partial charge in [-0.3, -0.25) is 4.79 Å². The van der Waals surface area contributed by atoms with Crippen LogP contribution in [0.5, 0.6) is 0 Å². The summed E-state index contributed by atoms with van der Waals surface area (Å²) in [5.41, 5.74) is 0.0125. The van der Waals surface area contributed by atoms with Crippen molar-refractivity contribution in [2.75, 3.05) is 27.2 Å². The van der Waals surface area contributed by atoms with E-state index in [0.29, 0.717) is 24.2 Å². The van der Waals surface area contributed by atoms with E-state index >= 15 is 0 Å². The summed E-state index contributed by atoms with van der Waals surface area (Å²) in [6.07, 6.45) is 7.41. The Morgan fingerprint density at radius 3 is 2.32 bits per heavy atom. The molecule has 31 heavy (non-hydrogen) atoms. The van der Waals surface area contributed by atoms with Crippen LogP contribution >= 0.6 is 0 Å². The molecule has 1 aromatic rings. The minimum absolute atomic E-state index is 0.0188. The lowest BCUT2D eigenvalue weighted by atomic mass is 9.57. The maximum Gasteiger partial charge on any atom is 0.409 e. The Morgan fingerprint density at radius 2 is 1.81 bits per heavy atom. The number of methoxy groups -OCH3 is 1. The number of ether oxygens (including phenoxy) is 1. The quantitative estimate of drug-likeness (QED) is 0.712. The van der Waals surface area contributed by atoms with Crippen LogP contribution in [0.15, 0.2) is 10.6 Å². The van der Waals surface area contributed by atoms with Gasteiger partial charge in [0.1, 0.15) is 5.76 Å². The third-order valence-electron chi connectivity index (χ3n) is 8.04. The first kappa shape index (κ1) is 22.2. The van der Waals surface area contributed by atoms with E-state index in [4.69, 9.17) is 9.15 Å². The molecule has 3 fully saturated rings. The molecule has 7 heteroatoms. The first-order valence-corrected chi connectivity index (χ1v) is 11.5. The van der Waals surface area contributed by atoms with Crippen LogP contribution in [0, 0.1) is 11.3 Å². The number of amides is 2. The van der Waals surface area contributed by atoms with Gasteiger partial charge in [0.25, 0.3) is 0 Å². The topological polar surface area (TPSA) is 75.9 Å². The van der Waals surface area contributed by atoms with Crippen LogP contribution in [0.25, 0.3) is 0 Å². The number of likely N-dealkylation sites (tertiary alicyclic amines) is 1. The van der Waals surface area contributed by atoms with Crippen molar-refractivity contribution in [2.24, 2.45) is 11.3 Å². The predicted octanol–water partition coefficient (Wildman–Crippen LogP) is 4.33. The highest BCUT2D eigenvalue weighted by atomic mass is 16.5. The van der Waals surface area contributed by atoms with Gasteiger partial charge in [-0.1, -0.05) is 20.8 Å². The zero-order valence-corrected chi connectivity index (χ0v) is 19.9. The average Bonchev–Trinajstić information content (AvgIpc) is 3.18. The first-order valence-electron chi connectivity index (χ1n) is 11.5. The van der Waals surface area contributed by atoms with Gasteiger partial charge in [0, 0.05) is 42.9 Å². The minimum Gasteiger partial charge on any atom is -0.453 e. The Hall–Kier alpha value is -2.05. The molecular formula is C24H37N3O4. The highest BCUT2D eigenvalue weighted by Crippen LogP contribution is 2.57. The molecule has 2 aliphatic carbocycles. The fourth-order valence-corrected chi connectivity index (χ4v) is 5.68. The molecule has 2 heterocycles. The summed E-state index contributed by atoms with van der Waals surface area (Å²) in [4.78, 5) is 33.0. The Kier molecular flexibility index (Phi) is 5.38. The van der Waals surface area contributed by atoms with E-state index in [1.807, 2.05) is 18.0 Å². The van der Waals surface area contributed by atoms with Gasteiger partial charge in [0.05, 0.1) is 13.3 Å². The van der Waals surface area contributed by atoms with Crippen LogP contribution in [-0.4, -0.2) is 59.6 Å². The van der Waals surface area contributed by atoms with Crippen LogP contribution in [0.4, 0.5) is 4.79 Å². The van der Waals surface area contributed by atoms with Gasteiger partial charge in [-0.25, -0.2) is 9.78 Å². The van der Waals surface area contributed by atoms with Crippen molar-refractivity contribution >= 4 is 12.0 Å². The molecule has 0 radical (unpaired) electrons. The standard InChI is InChI=1S/C24H37N3O4/c1-22(2,3)20-25-15-18(31-20)16-13-24(14-16)7-9-27(10-8-24)19(28)17-11-23(4,12-17)26(5)21(29)30-6/h15-17H,7-14H2,1-6H3. The maximum atomic E-state index is 13.0. The van der Waals surface area contributed by atoms with E-state index in [1.54, 1.807) is 11.9 Å². The molecule has 1 spiro atoms. The maximum absolute atomic E-state index is 13.0. The number of hydrogen-bond acceptors (Lipinski definition) is 5. The van der Waals surface area contributed by atoms with E-state index in [1.165, 1.54) is 7.11 Å². The third-order valence-corrected chi connectivity index (χ3v) is 8.04. The van der Waals surface area contributed by atoms with Gasteiger partial charge < -0.3 is 19.0 Å².